The van der Waals surface area contributed by atoms with Crippen LogP contribution in [-0.4, -0.2) is 4.17 Å². The number of anilines is 2. The van der Waals surface area contributed by atoms with Gasteiger partial charge in [-0.15, -0.1) is 12.4 Å². The lowest BCUT2D eigenvalue weighted by molar-refractivity contribution is 0.796. The van der Waals surface area contributed by atoms with Gasteiger partial charge in [0.1, 0.15) is 0 Å². The molecule has 1 aliphatic rings. The third-order valence-corrected chi connectivity index (χ3v) is 7.25. The third kappa shape index (κ3) is 5.08. The van der Waals surface area contributed by atoms with Crippen molar-refractivity contribution in [3.8, 4) is 0 Å². The fraction of sp³-hybridized carbons (Fsp3) is 0.481. The van der Waals surface area contributed by atoms with Crippen LogP contribution in [0.5, 0.6) is 0 Å². The van der Waals surface area contributed by atoms with Crippen LogP contribution in [0.1, 0.15) is 101 Å². The summed E-state index contributed by atoms with van der Waals surface area (Å²) in [6, 6.07) is 13.6. The molecule has 0 fully saturated rings. The van der Waals surface area contributed by atoms with Gasteiger partial charge < -0.3 is 9.80 Å². The van der Waals surface area contributed by atoms with E-state index >= 15 is 0 Å². The van der Waals surface area contributed by atoms with Crippen LogP contribution in [0.25, 0.3) is 0 Å². The van der Waals surface area contributed by atoms with Gasteiger partial charge >= 0.3 is 0 Å². The fourth-order valence-corrected chi connectivity index (χ4v) is 5.33. The average Bonchev–Trinajstić information content (AvgIpc) is 3.07. The van der Waals surface area contributed by atoms with Gasteiger partial charge in [0.25, 0.3) is 0 Å². The third-order valence-electron chi connectivity index (χ3n) is 6.05. The molecular formula is C27H38ClIN2. The molecule has 0 aromatic heterocycles. The molecule has 170 valence electrons. The van der Waals surface area contributed by atoms with Crippen molar-refractivity contribution in [3.05, 3.63) is 71.1 Å². The van der Waals surface area contributed by atoms with Crippen LogP contribution >= 0.6 is 35.0 Å². The maximum absolute atomic E-state index is 2.61. The van der Waals surface area contributed by atoms with Crippen LogP contribution < -0.4 is 9.80 Å². The Morgan fingerprint density at radius 1 is 0.581 bits per heavy atom. The second-order valence-corrected chi connectivity index (χ2v) is 10.7. The summed E-state index contributed by atoms with van der Waals surface area (Å²) in [6.45, 7) is 18.4. The molecule has 0 aliphatic carbocycles. The van der Waals surface area contributed by atoms with Crippen molar-refractivity contribution in [2.75, 3.05) is 9.80 Å². The molecule has 0 bridgehead atoms. The van der Waals surface area contributed by atoms with Crippen LogP contribution in [0.15, 0.2) is 48.8 Å². The topological polar surface area (TPSA) is 6.48 Å². The quantitative estimate of drug-likeness (QED) is 0.200. The second kappa shape index (κ2) is 10.6. The number of benzene rings is 2. The van der Waals surface area contributed by atoms with Gasteiger partial charge in [-0.3, -0.25) is 0 Å². The molecular weight excluding hydrogens is 515 g/mol. The zero-order valence-corrected chi connectivity index (χ0v) is 23.2. The average molecular weight is 553 g/mol. The molecule has 0 spiro atoms. The fourth-order valence-electron chi connectivity index (χ4n) is 4.40. The summed E-state index contributed by atoms with van der Waals surface area (Å²) in [4.78, 5) is 4.96. The Labute approximate surface area is 209 Å². The smallest absolute Gasteiger partial charge is 0.163 e. The normalized spacial score (nSPS) is 14.5. The maximum atomic E-state index is 2.61. The monoisotopic (exact) mass is 552 g/mol. The van der Waals surface area contributed by atoms with Gasteiger partial charge in [0.2, 0.25) is 0 Å². The number of rotatable bonds is 6. The Kier molecular flexibility index (Phi) is 8.92. The molecule has 0 saturated heterocycles. The zero-order valence-electron chi connectivity index (χ0n) is 20.2. The summed E-state index contributed by atoms with van der Waals surface area (Å²) in [5.41, 5.74) is 8.47. The van der Waals surface area contributed by atoms with Crippen LogP contribution in [0.2, 0.25) is 0 Å². The Morgan fingerprint density at radius 3 is 1.06 bits per heavy atom. The lowest BCUT2D eigenvalue weighted by Gasteiger charge is -2.35. The van der Waals surface area contributed by atoms with Gasteiger partial charge in [0.15, 0.2) is 4.17 Å². The molecule has 2 aromatic carbocycles. The summed E-state index contributed by atoms with van der Waals surface area (Å²) in [7, 11) is 0. The molecule has 0 unspecified atom stereocenters. The Balaban J connectivity index is 0.00000341. The summed E-state index contributed by atoms with van der Waals surface area (Å²) < 4.78 is 0.206. The first-order chi connectivity index (χ1) is 14.1. The van der Waals surface area contributed by atoms with E-state index in [9.17, 15) is 0 Å². The Hall–Kier alpha value is -1.20. The van der Waals surface area contributed by atoms with E-state index in [4.69, 9.17) is 0 Å². The van der Waals surface area contributed by atoms with E-state index in [2.05, 4.69) is 137 Å². The molecule has 0 N–H and O–H groups in total. The van der Waals surface area contributed by atoms with Crippen LogP contribution in [0, 0.1) is 0 Å². The summed E-state index contributed by atoms with van der Waals surface area (Å²) in [5.74, 6) is 1.94. The van der Waals surface area contributed by atoms with Crippen molar-refractivity contribution in [2.45, 2.75) is 83.2 Å². The van der Waals surface area contributed by atoms with Crippen molar-refractivity contribution in [1.82, 2.24) is 0 Å². The molecule has 2 nitrogen and oxygen atoms in total. The minimum Gasteiger partial charge on any atom is -0.316 e. The number of alkyl halides is 1. The van der Waals surface area contributed by atoms with Crippen molar-refractivity contribution < 1.29 is 0 Å². The van der Waals surface area contributed by atoms with Crippen molar-refractivity contribution in [1.29, 1.82) is 0 Å². The van der Waals surface area contributed by atoms with E-state index in [0.717, 1.165) is 0 Å². The molecule has 0 saturated carbocycles. The van der Waals surface area contributed by atoms with E-state index in [-0.39, 0.29) is 16.6 Å². The van der Waals surface area contributed by atoms with Gasteiger partial charge in [-0.25, -0.2) is 0 Å². The van der Waals surface area contributed by atoms with Crippen molar-refractivity contribution >= 4 is 46.4 Å². The summed E-state index contributed by atoms with van der Waals surface area (Å²) in [5, 5.41) is 0. The molecule has 1 aliphatic heterocycles. The lowest BCUT2D eigenvalue weighted by Crippen LogP contribution is -2.35. The van der Waals surface area contributed by atoms with Gasteiger partial charge in [-0.2, -0.15) is 0 Å². The Morgan fingerprint density at radius 2 is 0.839 bits per heavy atom. The second-order valence-electron chi connectivity index (χ2n) is 9.61. The maximum Gasteiger partial charge on any atom is 0.163 e. The number of halogens is 2. The van der Waals surface area contributed by atoms with Gasteiger partial charge in [-0.05, 0) is 68.5 Å². The minimum atomic E-state index is 0. The van der Waals surface area contributed by atoms with Crippen molar-refractivity contribution in [2.24, 2.45) is 0 Å². The highest BCUT2D eigenvalue weighted by atomic mass is 127. The van der Waals surface area contributed by atoms with Gasteiger partial charge in [0, 0.05) is 12.4 Å². The highest BCUT2D eigenvalue weighted by molar-refractivity contribution is 14.1. The van der Waals surface area contributed by atoms with Gasteiger partial charge in [-0.1, -0.05) is 91.8 Å². The van der Waals surface area contributed by atoms with E-state index in [1.54, 1.807) is 0 Å². The van der Waals surface area contributed by atoms with Crippen LogP contribution in [0.3, 0.4) is 0 Å². The van der Waals surface area contributed by atoms with Crippen LogP contribution in [-0.2, 0) is 0 Å². The summed E-state index contributed by atoms with van der Waals surface area (Å²) in [6.07, 6.45) is 4.57. The molecule has 0 radical (unpaired) electrons. The lowest BCUT2D eigenvalue weighted by atomic mass is 9.91. The van der Waals surface area contributed by atoms with E-state index < -0.39 is 0 Å². The molecule has 1 heterocycles. The van der Waals surface area contributed by atoms with E-state index in [1.807, 2.05) is 0 Å². The van der Waals surface area contributed by atoms with Crippen LogP contribution in [0.4, 0.5) is 11.4 Å². The number of para-hydroxylation sites is 2. The number of hydrogen-bond donors (Lipinski definition) is 0. The Bertz CT molecular complexity index is 791. The highest BCUT2D eigenvalue weighted by Crippen LogP contribution is 2.44. The SMILES string of the molecule is CC(C)c1cccc(C(C)C)c1N1C=CN(c2c(C(C)C)cccc2C(C)C)C1I.Cl. The first-order valence-corrected chi connectivity index (χ1v) is 12.5. The first kappa shape index (κ1) is 26.1. The number of nitrogens with zero attached hydrogens (tertiary/aromatic N) is 2. The highest BCUT2D eigenvalue weighted by Gasteiger charge is 2.32. The summed E-state index contributed by atoms with van der Waals surface area (Å²) >= 11 is 2.61. The zero-order chi connectivity index (χ0) is 22.2. The van der Waals surface area contributed by atoms with E-state index in [0.29, 0.717) is 23.7 Å². The molecule has 2 aromatic rings. The van der Waals surface area contributed by atoms with Gasteiger partial charge in [0.05, 0.1) is 11.4 Å². The standard InChI is InChI=1S/C27H37IN2.ClH/c1-17(2)21-11-9-12-22(18(3)4)25(21)29-15-16-30(27(29)28)26-23(19(5)6)13-10-14-24(26)20(7)8;/h9-20,27H,1-8H3;1H. The van der Waals surface area contributed by atoms with E-state index in [1.165, 1.54) is 33.6 Å². The molecule has 0 amide bonds. The molecule has 3 rings (SSSR count). The first-order valence-electron chi connectivity index (χ1n) is 11.3. The molecule has 0 atom stereocenters. The van der Waals surface area contributed by atoms with Crippen molar-refractivity contribution in [3.63, 3.8) is 0 Å². The minimum absolute atomic E-state index is 0. The predicted molar refractivity (Wildman–Crippen MR) is 148 cm³/mol. The predicted octanol–water partition coefficient (Wildman–Crippen LogP) is 9.12. The molecule has 31 heavy (non-hydrogen) atoms. The molecule has 4 heteroatoms. The number of hydrogen-bond acceptors (Lipinski definition) is 2. The largest absolute Gasteiger partial charge is 0.316 e.